The van der Waals surface area contributed by atoms with Gasteiger partial charge in [0.15, 0.2) is 5.69 Å². The third-order valence-electron chi connectivity index (χ3n) is 3.06. The molecule has 106 valence electrons. The number of aryl methyl sites for hydroxylation is 2. The number of nitrogens with zero attached hydrogens (tertiary/aromatic N) is 2. The molecule has 0 aliphatic heterocycles. The zero-order valence-electron chi connectivity index (χ0n) is 11.2. The minimum atomic E-state index is -1.09. The highest BCUT2D eigenvalue weighted by atomic mass is 79.9. The van der Waals surface area contributed by atoms with E-state index in [1.54, 1.807) is 10.9 Å². The summed E-state index contributed by atoms with van der Waals surface area (Å²) in [5.41, 5.74) is 3.41. The number of benzene rings is 1. The van der Waals surface area contributed by atoms with Gasteiger partial charge < -0.3 is 10.2 Å². The summed E-state index contributed by atoms with van der Waals surface area (Å²) in [4.78, 5) is 11.2. The molecule has 1 aromatic carbocycles. The first-order valence-corrected chi connectivity index (χ1v) is 6.93. The number of rotatable bonds is 4. The van der Waals surface area contributed by atoms with Gasteiger partial charge in [0, 0.05) is 22.8 Å². The molecule has 0 aliphatic carbocycles. The van der Waals surface area contributed by atoms with E-state index in [9.17, 15) is 4.79 Å². The van der Waals surface area contributed by atoms with Crippen LogP contribution in [0.2, 0.25) is 0 Å². The molecule has 6 heteroatoms. The standard InChI is InChI=1S/C14H15BrN2O3/c1-8-5-11(6-9(2)12(8)15)17-7-10(3-4-18)13(16-17)14(19)20/h5-7,18H,3-4H2,1-2H3,(H,19,20). The van der Waals surface area contributed by atoms with E-state index in [4.69, 9.17) is 10.2 Å². The van der Waals surface area contributed by atoms with Crippen molar-refractivity contribution in [2.75, 3.05) is 6.61 Å². The van der Waals surface area contributed by atoms with Crippen molar-refractivity contribution in [1.29, 1.82) is 0 Å². The Bertz CT molecular complexity index is 641. The quantitative estimate of drug-likeness (QED) is 0.897. The molecular weight excluding hydrogens is 324 g/mol. The summed E-state index contributed by atoms with van der Waals surface area (Å²) in [5.74, 6) is -1.09. The molecule has 1 aromatic heterocycles. The number of carboxylic acid groups (broad SMARTS) is 1. The summed E-state index contributed by atoms with van der Waals surface area (Å²) < 4.78 is 2.57. The van der Waals surface area contributed by atoms with Crippen LogP contribution in [0.15, 0.2) is 22.8 Å². The summed E-state index contributed by atoms with van der Waals surface area (Å²) in [6, 6.07) is 3.86. The number of aromatic nitrogens is 2. The molecule has 2 rings (SSSR count). The minimum absolute atomic E-state index is 0.0164. The van der Waals surface area contributed by atoms with E-state index in [0.29, 0.717) is 5.56 Å². The SMILES string of the molecule is Cc1cc(-n2cc(CCO)c(C(=O)O)n2)cc(C)c1Br. The third-order valence-corrected chi connectivity index (χ3v) is 4.31. The Labute approximate surface area is 125 Å². The molecule has 0 spiro atoms. The molecule has 2 N–H and O–H groups in total. The second-order valence-corrected chi connectivity index (χ2v) is 5.41. The highest BCUT2D eigenvalue weighted by molar-refractivity contribution is 9.10. The molecule has 0 unspecified atom stereocenters. The Morgan fingerprint density at radius 1 is 1.35 bits per heavy atom. The zero-order chi connectivity index (χ0) is 14.9. The Morgan fingerprint density at radius 2 is 1.95 bits per heavy atom. The molecule has 0 fully saturated rings. The highest BCUT2D eigenvalue weighted by Gasteiger charge is 2.16. The fourth-order valence-corrected chi connectivity index (χ4v) is 2.31. The fourth-order valence-electron chi connectivity index (χ4n) is 2.08. The lowest BCUT2D eigenvalue weighted by atomic mass is 10.1. The maximum Gasteiger partial charge on any atom is 0.356 e. The number of halogens is 1. The van der Waals surface area contributed by atoms with Crippen molar-refractivity contribution >= 4 is 21.9 Å². The lowest BCUT2D eigenvalue weighted by Gasteiger charge is -2.07. The van der Waals surface area contributed by atoms with Crippen LogP contribution in [-0.4, -0.2) is 32.6 Å². The first-order valence-electron chi connectivity index (χ1n) is 6.14. The summed E-state index contributed by atoms with van der Waals surface area (Å²) in [5, 5.41) is 22.2. The van der Waals surface area contributed by atoms with Gasteiger partial charge in [-0.05, 0) is 43.5 Å². The Hall–Kier alpha value is -1.66. The van der Waals surface area contributed by atoms with Crippen LogP contribution in [0.25, 0.3) is 5.69 Å². The molecule has 0 atom stereocenters. The topological polar surface area (TPSA) is 75.4 Å². The summed E-state index contributed by atoms with van der Waals surface area (Å²) in [6.45, 7) is 3.83. The molecule has 20 heavy (non-hydrogen) atoms. The third kappa shape index (κ3) is 2.76. The molecule has 0 radical (unpaired) electrons. The molecule has 0 saturated carbocycles. The Morgan fingerprint density at radius 3 is 2.45 bits per heavy atom. The molecule has 1 heterocycles. The normalized spacial score (nSPS) is 10.8. The maximum absolute atomic E-state index is 11.2. The van der Waals surface area contributed by atoms with Gasteiger partial charge in [-0.15, -0.1) is 0 Å². The summed E-state index contributed by atoms with van der Waals surface area (Å²) in [6.07, 6.45) is 1.93. The van der Waals surface area contributed by atoms with E-state index < -0.39 is 5.97 Å². The van der Waals surface area contributed by atoms with Crippen molar-refractivity contribution in [3.63, 3.8) is 0 Å². The van der Waals surface area contributed by atoms with Gasteiger partial charge >= 0.3 is 5.97 Å². The smallest absolute Gasteiger partial charge is 0.356 e. The summed E-state index contributed by atoms with van der Waals surface area (Å²) >= 11 is 3.50. The average Bonchev–Trinajstić information content (AvgIpc) is 2.80. The number of hydrogen-bond donors (Lipinski definition) is 2. The number of carboxylic acids is 1. The van der Waals surface area contributed by atoms with Crippen LogP contribution >= 0.6 is 15.9 Å². The second kappa shape index (κ2) is 5.76. The first kappa shape index (κ1) is 14.7. The number of aromatic carboxylic acids is 1. The van der Waals surface area contributed by atoms with Crippen LogP contribution in [-0.2, 0) is 6.42 Å². The van der Waals surface area contributed by atoms with E-state index in [1.807, 2.05) is 26.0 Å². The van der Waals surface area contributed by atoms with Crippen molar-refractivity contribution in [3.05, 3.63) is 45.2 Å². The van der Waals surface area contributed by atoms with Crippen LogP contribution in [0.5, 0.6) is 0 Å². The van der Waals surface area contributed by atoms with E-state index in [1.165, 1.54) is 0 Å². The van der Waals surface area contributed by atoms with Crippen molar-refractivity contribution in [3.8, 4) is 5.69 Å². The predicted molar refractivity (Wildman–Crippen MR) is 78.5 cm³/mol. The van der Waals surface area contributed by atoms with Crippen molar-refractivity contribution in [2.45, 2.75) is 20.3 Å². The van der Waals surface area contributed by atoms with Crippen LogP contribution in [0.4, 0.5) is 0 Å². The van der Waals surface area contributed by atoms with Gasteiger partial charge in [-0.25, -0.2) is 9.48 Å². The fraction of sp³-hybridized carbons (Fsp3) is 0.286. The lowest BCUT2D eigenvalue weighted by Crippen LogP contribution is -2.04. The number of carbonyl (C=O) groups is 1. The number of aliphatic hydroxyl groups is 1. The number of hydrogen-bond acceptors (Lipinski definition) is 3. The summed E-state index contributed by atoms with van der Waals surface area (Å²) in [7, 11) is 0. The van der Waals surface area contributed by atoms with Gasteiger partial charge in [0.25, 0.3) is 0 Å². The number of aliphatic hydroxyl groups excluding tert-OH is 1. The molecule has 0 bridgehead atoms. The largest absolute Gasteiger partial charge is 0.476 e. The molecule has 0 amide bonds. The van der Waals surface area contributed by atoms with E-state index in [2.05, 4.69) is 21.0 Å². The van der Waals surface area contributed by atoms with E-state index >= 15 is 0 Å². The van der Waals surface area contributed by atoms with E-state index in [-0.39, 0.29) is 18.7 Å². The highest BCUT2D eigenvalue weighted by Crippen LogP contribution is 2.24. The maximum atomic E-state index is 11.2. The van der Waals surface area contributed by atoms with Gasteiger partial charge in [-0.1, -0.05) is 15.9 Å². The van der Waals surface area contributed by atoms with Gasteiger partial charge in [-0.3, -0.25) is 0 Å². The van der Waals surface area contributed by atoms with Crippen LogP contribution in [0.3, 0.4) is 0 Å². The second-order valence-electron chi connectivity index (χ2n) is 4.62. The van der Waals surface area contributed by atoms with E-state index in [0.717, 1.165) is 21.3 Å². The monoisotopic (exact) mass is 338 g/mol. The molecule has 5 nitrogen and oxygen atoms in total. The van der Waals surface area contributed by atoms with Crippen molar-refractivity contribution < 1.29 is 15.0 Å². The Kier molecular flexibility index (Phi) is 4.25. The molecule has 0 saturated heterocycles. The first-order chi connectivity index (χ1) is 9.43. The van der Waals surface area contributed by atoms with Crippen LogP contribution in [0.1, 0.15) is 27.2 Å². The molecule has 0 aliphatic rings. The van der Waals surface area contributed by atoms with Crippen molar-refractivity contribution in [2.24, 2.45) is 0 Å². The van der Waals surface area contributed by atoms with Crippen LogP contribution in [0, 0.1) is 13.8 Å². The molecule has 2 aromatic rings. The zero-order valence-corrected chi connectivity index (χ0v) is 12.8. The van der Waals surface area contributed by atoms with Crippen LogP contribution < -0.4 is 0 Å². The average molecular weight is 339 g/mol. The lowest BCUT2D eigenvalue weighted by molar-refractivity contribution is 0.0688. The minimum Gasteiger partial charge on any atom is -0.476 e. The van der Waals surface area contributed by atoms with Gasteiger partial charge in [0.05, 0.1) is 5.69 Å². The van der Waals surface area contributed by atoms with Gasteiger partial charge in [0.1, 0.15) is 0 Å². The predicted octanol–water partition coefficient (Wildman–Crippen LogP) is 2.48. The Balaban J connectivity index is 2.53. The van der Waals surface area contributed by atoms with Crippen molar-refractivity contribution in [1.82, 2.24) is 9.78 Å². The van der Waals surface area contributed by atoms with Gasteiger partial charge in [-0.2, -0.15) is 5.10 Å². The molecular formula is C14H15BrN2O3. The van der Waals surface area contributed by atoms with Gasteiger partial charge in [0.2, 0.25) is 0 Å².